The van der Waals surface area contributed by atoms with E-state index in [2.05, 4.69) is 4.99 Å². The van der Waals surface area contributed by atoms with Crippen LogP contribution in [0.3, 0.4) is 0 Å². The number of hydrogen-bond donors (Lipinski definition) is 0. The zero-order valence-electron chi connectivity index (χ0n) is 16.5. The van der Waals surface area contributed by atoms with Crippen molar-refractivity contribution in [3.63, 3.8) is 0 Å². The number of benzene rings is 2. The highest BCUT2D eigenvalue weighted by Gasteiger charge is 2.31. The Morgan fingerprint density at radius 3 is 2.66 bits per heavy atom. The molecule has 1 aliphatic heterocycles. The summed E-state index contributed by atoms with van der Waals surface area (Å²) in [6.07, 6.45) is -0.0407. The van der Waals surface area contributed by atoms with E-state index in [1.54, 1.807) is 57.3 Å². The van der Waals surface area contributed by atoms with E-state index in [4.69, 9.17) is 16.3 Å². The molecule has 0 unspecified atom stereocenters. The number of benzodiazepines with no additional fused rings is 1. The van der Waals surface area contributed by atoms with Gasteiger partial charge in [0.2, 0.25) is 0 Å². The van der Waals surface area contributed by atoms with Crippen molar-refractivity contribution in [2.75, 3.05) is 11.9 Å². The van der Waals surface area contributed by atoms with Crippen molar-refractivity contribution in [2.45, 2.75) is 38.8 Å². The number of amides is 1. The summed E-state index contributed by atoms with van der Waals surface area (Å²) in [5, 5.41) is 0.451. The summed E-state index contributed by atoms with van der Waals surface area (Å²) >= 11 is 6.18. The summed E-state index contributed by atoms with van der Waals surface area (Å²) in [5.41, 5.74) is 1.74. The molecule has 7 heteroatoms. The molecule has 0 saturated heterocycles. The fourth-order valence-electron chi connectivity index (χ4n) is 3.25. The molecule has 5 nitrogen and oxygen atoms in total. The van der Waals surface area contributed by atoms with Crippen molar-refractivity contribution in [2.24, 2.45) is 4.99 Å². The second-order valence-electron chi connectivity index (χ2n) is 7.11. The predicted molar refractivity (Wildman–Crippen MR) is 111 cm³/mol. The Kier molecular flexibility index (Phi) is 6.33. The molecule has 0 aliphatic carbocycles. The number of aliphatic imine (C=N–C) groups is 1. The van der Waals surface area contributed by atoms with E-state index >= 15 is 0 Å². The van der Waals surface area contributed by atoms with Crippen molar-refractivity contribution < 1.29 is 18.7 Å². The summed E-state index contributed by atoms with van der Waals surface area (Å²) in [6.45, 7) is 3.52. The Balaban J connectivity index is 2.06. The molecule has 1 amide bonds. The van der Waals surface area contributed by atoms with Gasteiger partial charge in [0.15, 0.2) is 0 Å². The van der Waals surface area contributed by atoms with Crippen LogP contribution in [0.1, 0.15) is 37.8 Å². The van der Waals surface area contributed by atoms with Crippen molar-refractivity contribution in [3.05, 3.63) is 64.4 Å². The molecule has 0 spiro atoms. The molecule has 0 saturated carbocycles. The predicted octanol–water partition coefficient (Wildman–Crippen LogP) is 4.39. The summed E-state index contributed by atoms with van der Waals surface area (Å²) < 4.78 is 19.7. The van der Waals surface area contributed by atoms with Crippen LogP contribution < -0.4 is 4.90 Å². The number of hydrogen-bond acceptors (Lipinski definition) is 4. The van der Waals surface area contributed by atoms with Crippen molar-refractivity contribution in [3.8, 4) is 0 Å². The average molecular weight is 417 g/mol. The number of nitrogens with zero attached hydrogens (tertiary/aromatic N) is 2. The molecule has 0 bridgehead atoms. The Labute approximate surface area is 174 Å². The fraction of sp³-hybridized carbons (Fsp3) is 0.318. The lowest BCUT2D eigenvalue weighted by molar-refractivity contribution is -0.147. The van der Waals surface area contributed by atoms with E-state index < -0.39 is 17.8 Å². The minimum absolute atomic E-state index is 0.0353. The Morgan fingerprint density at radius 1 is 1.24 bits per heavy atom. The number of anilines is 1. The quantitative estimate of drug-likeness (QED) is 0.679. The van der Waals surface area contributed by atoms with Gasteiger partial charge in [-0.3, -0.25) is 14.6 Å². The van der Waals surface area contributed by atoms with Crippen LogP contribution in [0.5, 0.6) is 0 Å². The van der Waals surface area contributed by atoms with Crippen LogP contribution in [0, 0.1) is 5.82 Å². The maximum atomic E-state index is 14.6. The summed E-state index contributed by atoms with van der Waals surface area (Å²) in [5.74, 6) is -1.13. The van der Waals surface area contributed by atoms with Crippen molar-refractivity contribution in [1.29, 1.82) is 0 Å². The van der Waals surface area contributed by atoms with E-state index in [0.717, 1.165) is 0 Å². The Hall–Kier alpha value is -2.73. The highest BCUT2D eigenvalue weighted by molar-refractivity contribution is 6.32. The first kappa shape index (κ1) is 21.0. The lowest BCUT2D eigenvalue weighted by atomic mass is 9.99. The van der Waals surface area contributed by atoms with Crippen LogP contribution in [0.2, 0.25) is 5.02 Å². The first-order chi connectivity index (χ1) is 13.8. The van der Waals surface area contributed by atoms with Gasteiger partial charge in [0.1, 0.15) is 11.9 Å². The van der Waals surface area contributed by atoms with E-state index in [0.29, 0.717) is 22.0 Å². The summed E-state index contributed by atoms with van der Waals surface area (Å²) in [7, 11) is 1.63. The number of ether oxygens (including phenoxy) is 1. The monoisotopic (exact) mass is 416 g/mol. The molecule has 0 radical (unpaired) electrons. The lowest BCUT2D eigenvalue weighted by Gasteiger charge is -2.20. The molecule has 0 aromatic heterocycles. The maximum Gasteiger partial charge on any atom is 0.306 e. The van der Waals surface area contributed by atoms with Gasteiger partial charge in [-0.2, -0.15) is 0 Å². The van der Waals surface area contributed by atoms with E-state index in [9.17, 15) is 14.0 Å². The van der Waals surface area contributed by atoms with Crippen LogP contribution >= 0.6 is 11.6 Å². The largest absolute Gasteiger partial charge is 0.463 e. The zero-order valence-corrected chi connectivity index (χ0v) is 17.2. The van der Waals surface area contributed by atoms with Crippen LogP contribution in [-0.4, -0.2) is 36.8 Å². The number of halogens is 2. The third-order valence-corrected chi connectivity index (χ3v) is 4.83. The summed E-state index contributed by atoms with van der Waals surface area (Å²) in [6, 6.07) is 10.4. The molecule has 1 heterocycles. The lowest BCUT2D eigenvalue weighted by Crippen LogP contribution is -2.35. The second-order valence-corrected chi connectivity index (χ2v) is 7.55. The average Bonchev–Trinajstić information content (AvgIpc) is 2.76. The smallest absolute Gasteiger partial charge is 0.306 e. The van der Waals surface area contributed by atoms with Gasteiger partial charge < -0.3 is 9.64 Å². The van der Waals surface area contributed by atoms with Crippen LogP contribution in [0.4, 0.5) is 10.1 Å². The molecule has 152 valence electrons. The normalized spacial score (nSPS) is 16.3. The molecule has 2 aromatic carbocycles. The van der Waals surface area contributed by atoms with E-state index in [1.807, 2.05) is 0 Å². The minimum atomic E-state index is -0.847. The highest BCUT2D eigenvalue weighted by Crippen LogP contribution is 2.31. The van der Waals surface area contributed by atoms with Gasteiger partial charge >= 0.3 is 5.97 Å². The SMILES string of the molecule is CC(C)OC(=O)CC[C@@H]1N=C(c2ccccc2F)c2cc(Cl)ccc2N(C)C1=O. The first-order valence-electron chi connectivity index (χ1n) is 9.37. The number of rotatable bonds is 5. The van der Waals surface area contributed by atoms with Crippen LogP contribution in [0.15, 0.2) is 47.5 Å². The standard InChI is InChI=1S/C22H22ClFN2O3/c1-13(2)29-20(27)11-9-18-22(28)26(3)19-10-8-14(23)12-16(19)21(25-18)15-6-4-5-7-17(15)24/h4-8,10,12-13,18H,9,11H2,1-3H3/t18-/m0/s1. The molecular formula is C22H22ClFN2O3. The van der Waals surface area contributed by atoms with Gasteiger partial charge in [0.05, 0.1) is 17.5 Å². The maximum absolute atomic E-state index is 14.6. The number of carbonyl (C=O) groups excluding carboxylic acids is 2. The van der Waals surface area contributed by atoms with Gasteiger partial charge in [-0.1, -0.05) is 23.7 Å². The molecular weight excluding hydrogens is 395 g/mol. The van der Waals surface area contributed by atoms with Gasteiger partial charge in [-0.15, -0.1) is 0 Å². The van der Waals surface area contributed by atoms with Crippen molar-refractivity contribution >= 4 is 34.9 Å². The van der Waals surface area contributed by atoms with Crippen LogP contribution in [0.25, 0.3) is 0 Å². The number of fused-ring (bicyclic) bond motifs is 1. The third-order valence-electron chi connectivity index (χ3n) is 4.59. The number of carbonyl (C=O) groups is 2. The van der Waals surface area contributed by atoms with Crippen LogP contribution in [-0.2, 0) is 14.3 Å². The molecule has 0 fully saturated rings. The van der Waals surface area contributed by atoms with E-state index in [-0.39, 0.29) is 30.4 Å². The van der Waals surface area contributed by atoms with Gasteiger partial charge in [-0.05, 0) is 50.6 Å². The highest BCUT2D eigenvalue weighted by atomic mass is 35.5. The van der Waals surface area contributed by atoms with Gasteiger partial charge in [0, 0.05) is 29.6 Å². The topological polar surface area (TPSA) is 59.0 Å². The first-order valence-corrected chi connectivity index (χ1v) is 9.75. The molecule has 3 rings (SSSR count). The molecule has 29 heavy (non-hydrogen) atoms. The van der Waals surface area contributed by atoms with Gasteiger partial charge in [-0.25, -0.2) is 4.39 Å². The molecule has 1 atom stereocenters. The van der Waals surface area contributed by atoms with Gasteiger partial charge in [0.25, 0.3) is 5.91 Å². The number of esters is 1. The molecule has 1 aliphatic rings. The molecule has 2 aromatic rings. The summed E-state index contributed by atoms with van der Waals surface area (Å²) in [4.78, 5) is 31.1. The third kappa shape index (κ3) is 4.65. The second kappa shape index (κ2) is 8.74. The Bertz CT molecular complexity index is 974. The van der Waals surface area contributed by atoms with Crippen molar-refractivity contribution in [1.82, 2.24) is 0 Å². The Morgan fingerprint density at radius 2 is 1.97 bits per heavy atom. The zero-order chi connectivity index (χ0) is 21.1. The fourth-order valence-corrected chi connectivity index (χ4v) is 3.42. The number of likely N-dealkylation sites (N-methyl/N-ethyl adjacent to an activating group) is 1. The molecule has 0 N–H and O–H groups in total. The minimum Gasteiger partial charge on any atom is -0.463 e. The van der Waals surface area contributed by atoms with E-state index in [1.165, 1.54) is 11.0 Å².